The van der Waals surface area contributed by atoms with Crippen LogP contribution in [0.3, 0.4) is 0 Å². The summed E-state index contributed by atoms with van der Waals surface area (Å²) < 4.78 is 27.0. The van der Waals surface area contributed by atoms with Gasteiger partial charge in [0.25, 0.3) is 0 Å². The van der Waals surface area contributed by atoms with Crippen LogP contribution in [0.2, 0.25) is 0 Å². The van der Waals surface area contributed by atoms with Crippen molar-refractivity contribution in [2.75, 3.05) is 25.0 Å². The molecule has 5 nitrogen and oxygen atoms in total. The lowest BCUT2D eigenvalue weighted by Gasteiger charge is -2.22. The molecule has 1 aromatic rings. The van der Waals surface area contributed by atoms with Gasteiger partial charge in [0.2, 0.25) is 10.0 Å². The fourth-order valence-corrected chi connectivity index (χ4v) is 4.03. The fourth-order valence-electron chi connectivity index (χ4n) is 2.18. The van der Waals surface area contributed by atoms with E-state index in [0.717, 1.165) is 25.8 Å². The molecule has 0 saturated heterocycles. The van der Waals surface area contributed by atoms with Crippen LogP contribution in [0.25, 0.3) is 0 Å². The third-order valence-electron chi connectivity index (χ3n) is 3.31. The van der Waals surface area contributed by atoms with Gasteiger partial charge in [0.15, 0.2) is 0 Å². The van der Waals surface area contributed by atoms with Crippen LogP contribution in [0.4, 0.5) is 5.69 Å². The average molecular weight is 298 g/mol. The van der Waals surface area contributed by atoms with Gasteiger partial charge in [-0.2, -0.15) is 4.31 Å². The van der Waals surface area contributed by atoms with Gasteiger partial charge in [0.1, 0.15) is 4.90 Å². The predicted octanol–water partition coefficient (Wildman–Crippen LogP) is 1.65. The molecule has 1 aromatic carbocycles. The van der Waals surface area contributed by atoms with Gasteiger partial charge in [-0.25, -0.2) is 8.42 Å². The van der Waals surface area contributed by atoms with Crippen molar-refractivity contribution in [1.29, 1.82) is 0 Å². The number of aliphatic hydroxyl groups is 1. The Kier molecular flexibility index (Phi) is 5.01. The predicted molar refractivity (Wildman–Crippen MR) is 79.2 cm³/mol. The SMILES string of the molecule is CCCNc1ccccc1S(=O)(=O)N(CCO)C1CC1. The summed E-state index contributed by atoms with van der Waals surface area (Å²) in [5.74, 6) is 0. The summed E-state index contributed by atoms with van der Waals surface area (Å²) >= 11 is 0. The van der Waals surface area contributed by atoms with Gasteiger partial charge >= 0.3 is 0 Å². The zero-order valence-corrected chi connectivity index (χ0v) is 12.6. The van der Waals surface area contributed by atoms with E-state index in [2.05, 4.69) is 5.32 Å². The van der Waals surface area contributed by atoms with E-state index in [1.807, 2.05) is 13.0 Å². The molecule has 2 N–H and O–H groups in total. The molecule has 0 spiro atoms. The molecular formula is C14H22N2O3S. The van der Waals surface area contributed by atoms with Crippen LogP contribution < -0.4 is 5.32 Å². The lowest BCUT2D eigenvalue weighted by molar-refractivity contribution is 0.250. The number of anilines is 1. The first-order chi connectivity index (χ1) is 9.61. The van der Waals surface area contributed by atoms with Gasteiger partial charge in [-0.15, -0.1) is 0 Å². The van der Waals surface area contributed by atoms with Crippen LogP contribution in [-0.4, -0.2) is 43.6 Å². The quantitative estimate of drug-likeness (QED) is 0.766. The summed E-state index contributed by atoms with van der Waals surface area (Å²) in [7, 11) is -3.55. The normalized spacial score (nSPS) is 15.6. The highest BCUT2D eigenvalue weighted by atomic mass is 32.2. The average Bonchev–Trinajstić information content (AvgIpc) is 3.27. The maximum atomic E-state index is 12.8. The Balaban J connectivity index is 2.32. The van der Waals surface area contributed by atoms with Gasteiger partial charge in [-0.3, -0.25) is 0 Å². The van der Waals surface area contributed by atoms with E-state index >= 15 is 0 Å². The number of rotatable bonds is 8. The van der Waals surface area contributed by atoms with Crippen molar-refractivity contribution in [3.63, 3.8) is 0 Å². The van der Waals surface area contributed by atoms with Crippen LogP contribution in [0.1, 0.15) is 26.2 Å². The van der Waals surface area contributed by atoms with E-state index in [-0.39, 0.29) is 19.2 Å². The Morgan fingerprint density at radius 1 is 1.35 bits per heavy atom. The monoisotopic (exact) mass is 298 g/mol. The highest BCUT2D eigenvalue weighted by Gasteiger charge is 2.38. The Bertz CT molecular complexity index is 541. The van der Waals surface area contributed by atoms with Crippen molar-refractivity contribution < 1.29 is 13.5 Å². The first-order valence-electron chi connectivity index (χ1n) is 7.07. The van der Waals surface area contributed by atoms with Gasteiger partial charge in [0.05, 0.1) is 12.3 Å². The largest absolute Gasteiger partial charge is 0.395 e. The molecule has 0 aliphatic heterocycles. The number of nitrogens with one attached hydrogen (secondary N) is 1. The minimum atomic E-state index is -3.55. The molecule has 0 unspecified atom stereocenters. The Morgan fingerprint density at radius 3 is 2.65 bits per heavy atom. The van der Waals surface area contributed by atoms with Crippen molar-refractivity contribution in [3.05, 3.63) is 24.3 Å². The molecule has 0 aromatic heterocycles. The summed E-state index contributed by atoms with van der Waals surface area (Å²) in [6.07, 6.45) is 2.69. The minimum absolute atomic E-state index is 0.0476. The van der Waals surface area contributed by atoms with Crippen LogP contribution >= 0.6 is 0 Å². The zero-order valence-electron chi connectivity index (χ0n) is 11.7. The summed E-state index contributed by atoms with van der Waals surface area (Å²) in [6.45, 7) is 2.78. The van der Waals surface area contributed by atoms with E-state index in [0.29, 0.717) is 10.6 Å². The molecule has 2 rings (SSSR count). The molecular weight excluding hydrogens is 276 g/mol. The Morgan fingerprint density at radius 2 is 2.05 bits per heavy atom. The maximum Gasteiger partial charge on any atom is 0.245 e. The molecule has 1 fully saturated rings. The second-order valence-electron chi connectivity index (χ2n) is 4.99. The van der Waals surface area contributed by atoms with E-state index in [1.165, 1.54) is 4.31 Å². The summed E-state index contributed by atoms with van der Waals surface area (Å²) in [4.78, 5) is 0.300. The summed E-state index contributed by atoms with van der Waals surface area (Å²) in [5, 5.41) is 12.3. The molecule has 0 atom stereocenters. The number of hydrogen-bond donors (Lipinski definition) is 2. The molecule has 6 heteroatoms. The minimum Gasteiger partial charge on any atom is -0.395 e. The Labute approximate surface area is 120 Å². The smallest absolute Gasteiger partial charge is 0.245 e. The van der Waals surface area contributed by atoms with E-state index < -0.39 is 10.0 Å². The summed E-state index contributed by atoms with van der Waals surface area (Å²) in [6, 6.07) is 7.01. The topological polar surface area (TPSA) is 69.6 Å². The van der Waals surface area contributed by atoms with Crippen molar-refractivity contribution in [2.24, 2.45) is 0 Å². The van der Waals surface area contributed by atoms with E-state index in [4.69, 9.17) is 5.11 Å². The van der Waals surface area contributed by atoms with Crippen LogP contribution in [0.5, 0.6) is 0 Å². The van der Waals surface area contributed by atoms with Crippen LogP contribution in [-0.2, 0) is 10.0 Å². The van der Waals surface area contributed by atoms with Crippen LogP contribution in [0, 0.1) is 0 Å². The highest BCUT2D eigenvalue weighted by molar-refractivity contribution is 7.89. The fraction of sp³-hybridized carbons (Fsp3) is 0.571. The summed E-state index contributed by atoms with van der Waals surface area (Å²) in [5.41, 5.74) is 0.637. The third kappa shape index (κ3) is 3.31. The first kappa shape index (κ1) is 15.3. The van der Waals surface area contributed by atoms with Crippen molar-refractivity contribution >= 4 is 15.7 Å². The number of hydrogen-bond acceptors (Lipinski definition) is 4. The van der Waals surface area contributed by atoms with E-state index in [1.54, 1.807) is 18.2 Å². The van der Waals surface area contributed by atoms with Crippen LogP contribution in [0.15, 0.2) is 29.2 Å². The van der Waals surface area contributed by atoms with E-state index in [9.17, 15) is 8.42 Å². The third-order valence-corrected chi connectivity index (χ3v) is 5.32. The molecule has 1 saturated carbocycles. The lowest BCUT2D eigenvalue weighted by atomic mass is 10.3. The van der Waals surface area contributed by atoms with Crippen molar-refractivity contribution in [3.8, 4) is 0 Å². The van der Waals surface area contributed by atoms with Gasteiger partial charge in [-0.1, -0.05) is 19.1 Å². The second kappa shape index (κ2) is 6.56. The van der Waals surface area contributed by atoms with Crippen molar-refractivity contribution in [2.45, 2.75) is 37.1 Å². The number of aliphatic hydroxyl groups excluding tert-OH is 1. The molecule has 0 bridgehead atoms. The van der Waals surface area contributed by atoms with Gasteiger partial charge in [0, 0.05) is 19.1 Å². The number of para-hydroxylation sites is 1. The van der Waals surface area contributed by atoms with Gasteiger partial charge in [-0.05, 0) is 31.4 Å². The lowest BCUT2D eigenvalue weighted by Crippen LogP contribution is -2.35. The second-order valence-corrected chi connectivity index (χ2v) is 6.85. The highest BCUT2D eigenvalue weighted by Crippen LogP contribution is 2.33. The molecule has 0 heterocycles. The molecule has 20 heavy (non-hydrogen) atoms. The molecule has 112 valence electrons. The van der Waals surface area contributed by atoms with Crippen molar-refractivity contribution in [1.82, 2.24) is 4.31 Å². The maximum absolute atomic E-state index is 12.8. The molecule has 0 amide bonds. The number of benzene rings is 1. The standard InChI is InChI=1S/C14H22N2O3S/c1-2-9-15-13-5-3-4-6-14(13)20(18,19)16(10-11-17)12-7-8-12/h3-6,12,15,17H,2,7-11H2,1H3. The van der Waals surface area contributed by atoms with Gasteiger partial charge < -0.3 is 10.4 Å². The molecule has 1 aliphatic carbocycles. The molecule has 1 aliphatic rings. The first-order valence-corrected chi connectivity index (χ1v) is 8.51. The molecule has 0 radical (unpaired) electrons. The zero-order chi connectivity index (χ0) is 14.6. The number of sulfonamides is 1. The Hall–Kier alpha value is -1.11. The number of nitrogens with zero attached hydrogens (tertiary/aromatic N) is 1.